The number of nitrogens with one attached hydrogen (secondary N) is 1. The summed E-state index contributed by atoms with van der Waals surface area (Å²) < 4.78 is 57.7. The van der Waals surface area contributed by atoms with Crippen LogP contribution in [0.5, 0.6) is 0 Å². The highest BCUT2D eigenvalue weighted by atomic mass is 35.5. The summed E-state index contributed by atoms with van der Waals surface area (Å²) in [7, 11) is -7.40. The van der Waals surface area contributed by atoms with E-state index < -0.39 is 20.0 Å². The van der Waals surface area contributed by atoms with Crippen molar-refractivity contribution >= 4 is 31.6 Å². The number of halogens is 1. The van der Waals surface area contributed by atoms with Gasteiger partial charge in [0.05, 0.1) is 24.0 Å². The first-order chi connectivity index (χ1) is 10.7. The molecule has 0 bridgehead atoms. The van der Waals surface area contributed by atoms with Gasteiger partial charge in [0.2, 0.25) is 20.0 Å². The van der Waals surface area contributed by atoms with E-state index >= 15 is 0 Å². The summed E-state index contributed by atoms with van der Waals surface area (Å²) >= 11 is 5.86. The average Bonchev–Trinajstić information content (AvgIpc) is 2.47. The molecule has 0 aliphatic carbocycles. The maximum atomic E-state index is 12.3. The van der Waals surface area contributed by atoms with Crippen molar-refractivity contribution in [1.29, 1.82) is 0 Å². The predicted molar refractivity (Wildman–Crippen MR) is 87.4 cm³/mol. The monoisotopic (exact) mass is 382 g/mol. The standard InChI is InChI=1S/C13H19ClN2O5S2/c1-11-10-21-8-7-16(11)22(17,18)9-6-15-23(19,20)13-5-3-2-4-12(13)14/h2-5,11,15H,6-10H2,1H3. The third-order valence-corrected chi connectivity index (χ3v) is 7.38. The number of benzene rings is 1. The second kappa shape index (κ2) is 7.45. The second-order valence-corrected chi connectivity index (χ2v) is 9.36. The van der Waals surface area contributed by atoms with Crippen LogP contribution in [-0.2, 0) is 24.8 Å². The molecule has 0 amide bonds. The van der Waals surface area contributed by atoms with Gasteiger partial charge in [-0.3, -0.25) is 0 Å². The van der Waals surface area contributed by atoms with Crippen molar-refractivity contribution in [2.75, 3.05) is 32.1 Å². The van der Waals surface area contributed by atoms with E-state index in [1.54, 1.807) is 19.1 Å². The molecule has 0 spiro atoms. The molecular weight excluding hydrogens is 364 g/mol. The fourth-order valence-electron chi connectivity index (χ4n) is 2.29. The van der Waals surface area contributed by atoms with Crippen molar-refractivity contribution < 1.29 is 21.6 Å². The van der Waals surface area contributed by atoms with Crippen LogP contribution in [-0.4, -0.2) is 59.2 Å². The Bertz CT molecular complexity index is 751. The molecule has 1 N–H and O–H groups in total. The van der Waals surface area contributed by atoms with Gasteiger partial charge in [-0.25, -0.2) is 21.6 Å². The fraction of sp³-hybridized carbons (Fsp3) is 0.538. The van der Waals surface area contributed by atoms with Crippen molar-refractivity contribution in [3.8, 4) is 0 Å². The van der Waals surface area contributed by atoms with Gasteiger partial charge in [0, 0.05) is 19.1 Å². The van der Waals surface area contributed by atoms with Gasteiger partial charge in [-0.1, -0.05) is 23.7 Å². The minimum atomic E-state index is -3.85. The minimum Gasteiger partial charge on any atom is -0.378 e. The highest BCUT2D eigenvalue weighted by Gasteiger charge is 2.30. The smallest absolute Gasteiger partial charge is 0.242 e. The average molecular weight is 383 g/mol. The minimum absolute atomic E-state index is 0.0706. The van der Waals surface area contributed by atoms with E-state index in [2.05, 4.69) is 4.72 Å². The lowest BCUT2D eigenvalue weighted by Gasteiger charge is -2.32. The summed E-state index contributed by atoms with van der Waals surface area (Å²) in [5.41, 5.74) is 0. The van der Waals surface area contributed by atoms with Gasteiger partial charge >= 0.3 is 0 Å². The van der Waals surface area contributed by atoms with Crippen molar-refractivity contribution in [3.05, 3.63) is 29.3 Å². The molecule has 1 unspecified atom stereocenters. The summed E-state index contributed by atoms with van der Waals surface area (Å²) in [6.07, 6.45) is 0. The molecule has 1 atom stereocenters. The molecule has 130 valence electrons. The SMILES string of the molecule is CC1COCCN1S(=O)(=O)CCNS(=O)(=O)c1ccccc1Cl. The van der Waals surface area contributed by atoms with Gasteiger partial charge in [0.25, 0.3) is 0 Å². The number of hydrogen-bond donors (Lipinski definition) is 1. The molecule has 1 aromatic carbocycles. The van der Waals surface area contributed by atoms with E-state index in [9.17, 15) is 16.8 Å². The van der Waals surface area contributed by atoms with E-state index in [0.717, 1.165) is 0 Å². The molecule has 10 heteroatoms. The molecule has 1 aliphatic heterocycles. The fourth-order valence-corrected chi connectivity index (χ4v) is 5.52. The Hall–Kier alpha value is -0.710. The van der Waals surface area contributed by atoms with Crippen LogP contribution in [0.4, 0.5) is 0 Å². The number of rotatable bonds is 6. The molecule has 1 heterocycles. The molecule has 1 aromatic rings. The van der Waals surface area contributed by atoms with Gasteiger partial charge in [-0.05, 0) is 19.1 Å². The lowest BCUT2D eigenvalue weighted by atomic mass is 10.3. The predicted octanol–water partition coefficient (Wildman–Crippen LogP) is 0.669. The first-order valence-corrected chi connectivity index (χ1v) is 10.5. The Balaban J connectivity index is 2.00. The van der Waals surface area contributed by atoms with Crippen LogP contribution in [0.15, 0.2) is 29.2 Å². The molecule has 7 nitrogen and oxygen atoms in total. The van der Waals surface area contributed by atoms with Crippen molar-refractivity contribution in [2.45, 2.75) is 17.9 Å². The number of morpholine rings is 1. The van der Waals surface area contributed by atoms with Crippen molar-refractivity contribution in [1.82, 2.24) is 9.03 Å². The number of nitrogens with zero attached hydrogens (tertiary/aromatic N) is 1. The highest BCUT2D eigenvalue weighted by molar-refractivity contribution is 7.90. The van der Waals surface area contributed by atoms with Crippen LogP contribution in [0.25, 0.3) is 0 Å². The van der Waals surface area contributed by atoms with E-state index in [1.165, 1.54) is 16.4 Å². The lowest BCUT2D eigenvalue weighted by Crippen LogP contribution is -2.49. The van der Waals surface area contributed by atoms with Crippen LogP contribution >= 0.6 is 11.6 Å². The molecule has 1 saturated heterocycles. The molecule has 2 rings (SSSR count). The number of ether oxygens (including phenoxy) is 1. The number of hydrogen-bond acceptors (Lipinski definition) is 5. The van der Waals surface area contributed by atoms with Crippen LogP contribution in [0.2, 0.25) is 5.02 Å². The quantitative estimate of drug-likeness (QED) is 0.780. The largest absolute Gasteiger partial charge is 0.378 e. The Morgan fingerprint density at radius 1 is 1.30 bits per heavy atom. The molecule has 0 radical (unpaired) electrons. The highest BCUT2D eigenvalue weighted by Crippen LogP contribution is 2.20. The summed E-state index contributed by atoms with van der Waals surface area (Å²) in [6, 6.07) is 5.73. The van der Waals surface area contributed by atoms with Crippen LogP contribution in [0, 0.1) is 0 Å². The Labute approximate surface area is 141 Å². The zero-order chi connectivity index (χ0) is 17.1. The maximum absolute atomic E-state index is 12.3. The second-order valence-electron chi connectivity index (χ2n) is 5.18. The third kappa shape index (κ3) is 4.65. The summed E-state index contributed by atoms with van der Waals surface area (Å²) in [5.74, 6) is -0.318. The number of sulfonamides is 2. The normalized spacial score (nSPS) is 20.5. The van der Waals surface area contributed by atoms with Gasteiger partial charge in [-0.2, -0.15) is 4.31 Å². The zero-order valence-electron chi connectivity index (χ0n) is 12.6. The first-order valence-electron chi connectivity index (χ1n) is 7.05. The van der Waals surface area contributed by atoms with E-state index in [1.807, 2.05) is 0 Å². The molecular formula is C13H19ClN2O5S2. The van der Waals surface area contributed by atoms with Crippen molar-refractivity contribution in [3.63, 3.8) is 0 Å². The van der Waals surface area contributed by atoms with Crippen LogP contribution < -0.4 is 4.72 Å². The molecule has 23 heavy (non-hydrogen) atoms. The molecule has 0 saturated carbocycles. The van der Waals surface area contributed by atoms with Gasteiger partial charge in [0.15, 0.2) is 0 Å². The van der Waals surface area contributed by atoms with Crippen LogP contribution in [0.1, 0.15) is 6.92 Å². The molecule has 0 aromatic heterocycles. The summed E-state index contributed by atoms with van der Waals surface area (Å²) in [4.78, 5) is -0.0706. The van der Waals surface area contributed by atoms with E-state index in [-0.39, 0.29) is 34.8 Å². The van der Waals surface area contributed by atoms with E-state index in [0.29, 0.717) is 13.2 Å². The Morgan fingerprint density at radius 3 is 2.65 bits per heavy atom. The van der Waals surface area contributed by atoms with E-state index in [4.69, 9.17) is 16.3 Å². The molecule has 1 aliphatic rings. The summed E-state index contributed by atoms with van der Waals surface area (Å²) in [5, 5.41) is 0.0876. The first kappa shape index (κ1) is 18.6. The van der Waals surface area contributed by atoms with Gasteiger partial charge < -0.3 is 4.74 Å². The third-order valence-electron chi connectivity index (χ3n) is 3.44. The van der Waals surface area contributed by atoms with Crippen molar-refractivity contribution in [2.24, 2.45) is 0 Å². The molecule has 1 fully saturated rings. The lowest BCUT2D eigenvalue weighted by molar-refractivity contribution is 0.0393. The zero-order valence-corrected chi connectivity index (χ0v) is 15.0. The Kier molecular flexibility index (Phi) is 6.04. The topological polar surface area (TPSA) is 92.8 Å². The van der Waals surface area contributed by atoms with Crippen LogP contribution in [0.3, 0.4) is 0 Å². The van der Waals surface area contributed by atoms with Gasteiger partial charge in [0.1, 0.15) is 4.90 Å². The Morgan fingerprint density at radius 2 is 2.00 bits per heavy atom. The summed E-state index contributed by atoms with van der Waals surface area (Å²) in [6.45, 7) is 2.49. The maximum Gasteiger partial charge on any atom is 0.242 e. The van der Waals surface area contributed by atoms with Gasteiger partial charge in [-0.15, -0.1) is 0 Å².